The molecular weight excluding hydrogens is 356 g/mol. The molecule has 3 rings (SSSR count). The molecule has 0 spiro atoms. The van der Waals surface area contributed by atoms with Crippen LogP contribution in [0.5, 0.6) is 0 Å². The summed E-state index contributed by atoms with van der Waals surface area (Å²) in [6, 6.07) is 0. The predicted molar refractivity (Wildman–Crippen MR) is 74.8 cm³/mol. The van der Waals surface area contributed by atoms with Crippen LogP contribution in [0.4, 0.5) is 0 Å². The molecule has 0 aromatic rings. The highest BCUT2D eigenvalue weighted by Gasteiger charge is 2.66. The Kier molecular flexibility index (Phi) is 4.24. The Morgan fingerprint density at radius 1 is 0.923 bits per heavy atom. The zero-order valence-corrected chi connectivity index (χ0v) is 13.2. The van der Waals surface area contributed by atoms with Gasteiger partial charge in [-0.2, -0.15) is 0 Å². The molecule has 3 fully saturated rings. The van der Waals surface area contributed by atoms with Crippen LogP contribution in [0, 0.1) is 0 Å². The molecular formula is C14H14N2O10. The summed E-state index contributed by atoms with van der Waals surface area (Å²) in [6.45, 7) is -0.800. The molecule has 12 heteroatoms. The number of carbonyl (C=O) groups is 6. The number of carboxylic acid groups (broad SMARTS) is 2. The molecule has 0 aromatic heterocycles. The van der Waals surface area contributed by atoms with Crippen molar-refractivity contribution >= 4 is 35.6 Å². The van der Waals surface area contributed by atoms with Gasteiger partial charge in [-0.3, -0.25) is 19.2 Å². The zero-order valence-electron chi connectivity index (χ0n) is 13.2. The second-order valence-corrected chi connectivity index (χ2v) is 5.91. The molecule has 4 amide bonds. The Hall–Kier alpha value is -2.86. The van der Waals surface area contributed by atoms with Gasteiger partial charge in [0.25, 0.3) is 5.72 Å². The van der Waals surface area contributed by atoms with E-state index < -0.39 is 60.2 Å². The summed E-state index contributed by atoms with van der Waals surface area (Å²) in [7, 11) is 0. The topological polar surface area (TPSA) is 168 Å². The lowest BCUT2D eigenvalue weighted by atomic mass is 10.1. The van der Waals surface area contributed by atoms with E-state index in [9.17, 15) is 33.9 Å². The fourth-order valence-corrected chi connectivity index (χ4v) is 3.17. The highest BCUT2D eigenvalue weighted by molar-refractivity contribution is 6.07. The number of nitrogens with zero attached hydrogens (tertiary/aromatic N) is 2. The fraction of sp³-hybridized carbons (Fsp3) is 0.571. The van der Waals surface area contributed by atoms with Gasteiger partial charge >= 0.3 is 11.9 Å². The van der Waals surface area contributed by atoms with Gasteiger partial charge in [-0.1, -0.05) is 0 Å². The van der Waals surface area contributed by atoms with E-state index in [2.05, 4.69) is 0 Å². The molecule has 0 aliphatic carbocycles. The van der Waals surface area contributed by atoms with E-state index in [1.165, 1.54) is 0 Å². The van der Waals surface area contributed by atoms with E-state index in [4.69, 9.17) is 14.6 Å². The molecule has 3 atom stereocenters. The minimum Gasteiger partial charge on any atom is -0.479 e. The Morgan fingerprint density at radius 3 is 1.88 bits per heavy atom. The van der Waals surface area contributed by atoms with Crippen molar-refractivity contribution in [1.29, 1.82) is 0 Å². The number of hydrogen-bond donors (Lipinski definition) is 2. The Balaban J connectivity index is 2.13. The third-order valence-electron chi connectivity index (χ3n) is 4.37. The van der Waals surface area contributed by atoms with Gasteiger partial charge in [-0.05, 0) is 0 Å². The third kappa shape index (κ3) is 2.45. The Morgan fingerprint density at radius 2 is 1.42 bits per heavy atom. The standard InChI is InChI=1S/C14H14N2O10/c17-7-1-2-8(18)15(7)12-14(13(23)24,16-9(19)3-4-10(16)20)25-5-6(26-12)11(21)22/h6,12H,1-5H2,(H,21,22)(H,23,24)/t6-,12?,14+/m1/s1. The number of aliphatic carboxylic acids is 2. The summed E-state index contributed by atoms with van der Waals surface area (Å²) in [5.74, 6) is -6.80. The van der Waals surface area contributed by atoms with Crippen molar-refractivity contribution < 1.29 is 48.5 Å². The van der Waals surface area contributed by atoms with Gasteiger partial charge in [-0.15, -0.1) is 0 Å². The van der Waals surface area contributed by atoms with Gasteiger partial charge in [0, 0.05) is 25.7 Å². The van der Waals surface area contributed by atoms with Crippen LogP contribution in [0.15, 0.2) is 0 Å². The number of ether oxygens (including phenoxy) is 2. The normalized spacial score (nSPS) is 32.5. The van der Waals surface area contributed by atoms with E-state index in [-0.39, 0.29) is 25.7 Å². The number of rotatable bonds is 4. The molecule has 0 radical (unpaired) electrons. The largest absolute Gasteiger partial charge is 0.479 e. The van der Waals surface area contributed by atoms with E-state index in [0.29, 0.717) is 9.80 Å². The molecule has 1 unspecified atom stereocenters. The van der Waals surface area contributed by atoms with Crippen molar-refractivity contribution in [3.63, 3.8) is 0 Å². The van der Waals surface area contributed by atoms with Gasteiger partial charge in [0.2, 0.25) is 29.9 Å². The lowest BCUT2D eigenvalue weighted by molar-refractivity contribution is -0.297. The highest BCUT2D eigenvalue weighted by Crippen LogP contribution is 2.37. The number of carboxylic acids is 2. The van der Waals surface area contributed by atoms with Crippen LogP contribution in [0.2, 0.25) is 0 Å². The van der Waals surface area contributed by atoms with Crippen LogP contribution in [0.25, 0.3) is 0 Å². The molecule has 3 saturated heterocycles. The SMILES string of the molecule is O=C(O)[C@H]1CO[C@@](C(=O)O)(N2C(=O)CCC2=O)C(N2C(=O)CCC2=O)O1. The summed E-state index contributed by atoms with van der Waals surface area (Å²) >= 11 is 0. The second kappa shape index (κ2) is 6.14. The summed E-state index contributed by atoms with van der Waals surface area (Å²) in [4.78, 5) is 72.5. The van der Waals surface area contributed by atoms with Crippen molar-refractivity contribution in [3.8, 4) is 0 Å². The lowest BCUT2D eigenvalue weighted by Crippen LogP contribution is -2.74. The second-order valence-electron chi connectivity index (χ2n) is 5.91. The first-order valence-electron chi connectivity index (χ1n) is 7.66. The van der Waals surface area contributed by atoms with Crippen molar-refractivity contribution in [2.45, 2.75) is 43.7 Å². The van der Waals surface area contributed by atoms with Crippen LogP contribution in [0.3, 0.4) is 0 Å². The first-order chi connectivity index (χ1) is 12.2. The Labute approximate surface area is 145 Å². The van der Waals surface area contributed by atoms with E-state index in [1.807, 2.05) is 0 Å². The van der Waals surface area contributed by atoms with Crippen LogP contribution < -0.4 is 0 Å². The number of amides is 4. The first kappa shape index (κ1) is 17.9. The summed E-state index contributed by atoms with van der Waals surface area (Å²) in [6.07, 6.45) is -4.85. The fourth-order valence-electron chi connectivity index (χ4n) is 3.17. The van der Waals surface area contributed by atoms with Crippen molar-refractivity contribution in [1.82, 2.24) is 9.80 Å². The average Bonchev–Trinajstić information content (AvgIpc) is 3.08. The molecule has 26 heavy (non-hydrogen) atoms. The summed E-state index contributed by atoms with van der Waals surface area (Å²) in [5, 5.41) is 18.9. The quantitative estimate of drug-likeness (QED) is 0.522. The summed E-state index contributed by atoms with van der Waals surface area (Å²) in [5.41, 5.74) is -2.84. The van der Waals surface area contributed by atoms with E-state index >= 15 is 0 Å². The third-order valence-corrected chi connectivity index (χ3v) is 4.37. The Bertz CT molecular complexity index is 701. The number of carbonyl (C=O) groups excluding carboxylic acids is 4. The molecule has 12 nitrogen and oxygen atoms in total. The molecule has 0 bridgehead atoms. The number of likely N-dealkylation sites (tertiary alicyclic amines) is 2. The molecule has 3 aliphatic rings. The van der Waals surface area contributed by atoms with Crippen molar-refractivity contribution in [3.05, 3.63) is 0 Å². The molecule has 140 valence electrons. The average molecular weight is 370 g/mol. The van der Waals surface area contributed by atoms with Gasteiger partial charge in [-0.25, -0.2) is 19.4 Å². The van der Waals surface area contributed by atoms with E-state index in [1.54, 1.807) is 0 Å². The predicted octanol–water partition coefficient (Wildman–Crippen LogP) is -2.11. The van der Waals surface area contributed by atoms with Gasteiger partial charge in [0.1, 0.15) is 0 Å². The smallest absolute Gasteiger partial charge is 0.363 e. The number of hydrogen-bond acceptors (Lipinski definition) is 8. The summed E-state index contributed by atoms with van der Waals surface area (Å²) < 4.78 is 10.4. The first-order valence-corrected chi connectivity index (χ1v) is 7.66. The lowest BCUT2D eigenvalue weighted by Gasteiger charge is -2.47. The minimum atomic E-state index is -2.84. The maximum atomic E-state index is 12.1. The highest BCUT2D eigenvalue weighted by atomic mass is 16.6. The molecule has 0 saturated carbocycles. The van der Waals surface area contributed by atoms with E-state index in [0.717, 1.165) is 0 Å². The molecule has 0 aromatic carbocycles. The molecule has 3 aliphatic heterocycles. The molecule has 3 heterocycles. The monoisotopic (exact) mass is 370 g/mol. The van der Waals surface area contributed by atoms with Gasteiger partial charge in [0.05, 0.1) is 6.61 Å². The van der Waals surface area contributed by atoms with Crippen LogP contribution in [-0.2, 0) is 38.2 Å². The van der Waals surface area contributed by atoms with Crippen molar-refractivity contribution in [2.75, 3.05) is 6.61 Å². The zero-order chi connectivity index (χ0) is 19.2. The van der Waals surface area contributed by atoms with Gasteiger partial charge < -0.3 is 19.7 Å². The number of imide groups is 2. The van der Waals surface area contributed by atoms with Gasteiger partial charge in [0.15, 0.2) is 6.10 Å². The van der Waals surface area contributed by atoms with Crippen LogP contribution in [-0.4, -0.2) is 80.2 Å². The van der Waals surface area contributed by atoms with Crippen LogP contribution in [0.1, 0.15) is 25.7 Å². The maximum absolute atomic E-state index is 12.1. The molecule has 2 N–H and O–H groups in total. The minimum absolute atomic E-state index is 0.242. The van der Waals surface area contributed by atoms with Crippen LogP contribution >= 0.6 is 0 Å². The van der Waals surface area contributed by atoms with Crippen molar-refractivity contribution in [2.24, 2.45) is 0 Å². The maximum Gasteiger partial charge on any atom is 0.363 e.